The van der Waals surface area contributed by atoms with Gasteiger partial charge in [0.25, 0.3) is 0 Å². The van der Waals surface area contributed by atoms with Gasteiger partial charge >= 0.3 is 6.03 Å². The van der Waals surface area contributed by atoms with Crippen LogP contribution in [-0.2, 0) is 13.0 Å². The highest BCUT2D eigenvalue weighted by Crippen LogP contribution is 2.28. The molecule has 3 aromatic rings. The Morgan fingerprint density at radius 3 is 2.28 bits per heavy atom. The molecule has 0 bridgehead atoms. The molecule has 168 valence electrons. The number of hydrogen-bond donors (Lipinski definition) is 1. The lowest BCUT2D eigenvalue weighted by Crippen LogP contribution is -2.36. The molecule has 1 N–H and O–H groups in total. The highest BCUT2D eigenvalue weighted by molar-refractivity contribution is 6.30. The van der Waals surface area contributed by atoms with Crippen LogP contribution in [0, 0.1) is 11.6 Å². The van der Waals surface area contributed by atoms with E-state index in [9.17, 15) is 13.6 Å². The zero-order chi connectivity index (χ0) is 23.1. The van der Waals surface area contributed by atoms with E-state index in [1.54, 1.807) is 37.3 Å². The average molecular weight is 461 g/mol. The fourth-order valence-electron chi connectivity index (χ4n) is 3.15. The Labute approximate surface area is 190 Å². The Morgan fingerprint density at radius 2 is 1.62 bits per heavy atom. The van der Waals surface area contributed by atoms with Crippen LogP contribution >= 0.6 is 11.6 Å². The molecular weight excluding hydrogens is 438 g/mol. The standard InChI is InChI=1S/C24H23ClF2N2O3/c1-31-22-10-5-16(13-23(22)32-2)11-12-29(15-17-3-6-18(25)7-4-17)24(30)28-21-9-8-19(26)14-20(21)27/h3-10,13-14H,11-12,15H2,1-2H3,(H,28,30). The second-order valence-corrected chi connectivity index (χ2v) is 7.48. The minimum Gasteiger partial charge on any atom is -0.493 e. The van der Waals surface area contributed by atoms with Gasteiger partial charge in [-0.15, -0.1) is 0 Å². The summed E-state index contributed by atoms with van der Waals surface area (Å²) >= 11 is 5.96. The molecule has 0 fully saturated rings. The van der Waals surface area contributed by atoms with Crippen LogP contribution in [0.5, 0.6) is 11.5 Å². The zero-order valence-corrected chi connectivity index (χ0v) is 18.5. The molecule has 32 heavy (non-hydrogen) atoms. The molecule has 3 rings (SSSR count). The first kappa shape index (κ1) is 23.3. The number of anilines is 1. The molecular formula is C24H23ClF2N2O3. The van der Waals surface area contributed by atoms with Crippen molar-refractivity contribution in [3.05, 3.63) is 88.4 Å². The van der Waals surface area contributed by atoms with Crippen LogP contribution < -0.4 is 14.8 Å². The van der Waals surface area contributed by atoms with Crippen molar-refractivity contribution in [1.82, 2.24) is 4.90 Å². The summed E-state index contributed by atoms with van der Waals surface area (Å²) < 4.78 is 37.8. The number of methoxy groups -OCH3 is 2. The second kappa shape index (κ2) is 10.8. The molecule has 0 aliphatic carbocycles. The first-order valence-corrected chi connectivity index (χ1v) is 10.2. The summed E-state index contributed by atoms with van der Waals surface area (Å²) in [4.78, 5) is 14.5. The normalized spacial score (nSPS) is 10.5. The van der Waals surface area contributed by atoms with Crippen molar-refractivity contribution in [2.24, 2.45) is 0 Å². The predicted octanol–water partition coefficient (Wildman–Crippen LogP) is 5.91. The predicted molar refractivity (Wildman–Crippen MR) is 120 cm³/mol. The number of urea groups is 1. The molecule has 8 heteroatoms. The Bertz CT molecular complexity index is 1080. The highest BCUT2D eigenvalue weighted by Gasteiger charge is 2.17. The van der Waals surface area contributed by atoms with E-state index in [0.717, 1.165) is 23.3 Å². The largest absolute Gasteiger partial charge is 0.493 e. The molecule has 0 atom stereocenters. The monoisotopic (exact) mass is 460 g/mol. The fourth-order valence-corrected chi connectivity index (χ4v) is 3.27. The van der Waals surface area contributed by atoms with Gasteiger partial charge in [-0.25, -0.2) is 13.6 Å². The van der Waals surface area contributed by atoms with Crippen molar-refractivity contribution < 1.29 is 23.0 Å². The number of amides is 2. The van der Waals surface area contributed by atoms with Gasteiger partial charge in [-0.2, -0.15) is 0 Å². The maximum absolute atomic E-state index is 14.0. The summed E-state index contributed by atoms with van der Waals surface area (Å²) in [6.45, 7) is 0.617. The number of hydrogen-bond acceptors (Lipinski definition) is 3. The summed E-state index contributed by atoms with van der Waals surface area (Å²) in [5.74, 6) is -0.359. The molecule has 3 aromatic carbocycles. The molecule has 0 saturated heterocycles. The number of carbonyl (C=O) groups excluding carboxylic acids is 1. The van der Waals surface area contributed by atoms with Crippen LogP contribution in [0.15, 0.2) is 60.7 Å². The Balaban J connectivity index is 1.78. The van der Waals surface area contributed by atoms with Crippen LogP contribution in [0.25, 0.3) is 0 Å². The number of nitrogens with zero attached hydrogens (tertiary/aromatic N) is 1. The average Bonchev–Trinajstić information content (AvgIpc) is 2.79. The fraction of sp³-hybridized carbons (Fsp3) is 0.208. The van der Waals surface area contributed by atoms with E-state index in [0.29, 0.717) is 29.5 Å². The van der Waals surface area contributed by atoms with Crippen molar-refractivity contribution in [3.8, 4) is 11.5 Å². The zero-order valence-electron chi connectivity index (χ0n) is 17.7. The first-order chi connectivity index (χ1) is 15.4. The van der Waals surface area contributed by atoms with Gasteiger partial charge in [0, 0.05) is 24.2 Å². The highest BCUT2D eigenvalue weighted by atomic mass is 35.5. The number of nitrogens with one attached hydrogen (secondary N) is 1. The molecule has 0 aromatic heterocycles. The lowest BCUT2D eigenvalue weighted by molar-refractivity contribution is 0.209. The van der Waals surface area contributed by atoms with E-state index in [1.807, 2.05) is 24.3 Å². The SMILES string of the molecule is COc1ccc(CCN(Cc2ccc(Cl)cc2)C(=O)Nc2ccc(F)cc2F)cc1OC. The molecule has 0 spiro atoms. The van der Waals surface area contributed by atoms with Gasteiger partial charge < -0.3 is 19.7 Å². The number of rotatable bonds is 8. The van der Waals surface area contributed by atoms with Gasteiger partial charge in [-0.05, 0) is 53.9 Å². The summed E-state index contributed by atoms with van der Waals surface area (Å²) in [6.07, 6.45) is 0.521. The van der Waals surface area contributed by atoms with Gasteiger partial charge in [0.1, 0.15) is 11.6 Å². The van der Waals surface area contributed by atoms with Crippen molar-refractivity contribution in [2.45, 2.75) is 13.0 Å². The number of benzene rings is 3. The number of ether oxygens (including phenoxy) is 2. The summed E-state index contributed by atoms with van der Waals surface area (Å²) in [7, 11) is 3.11. The molecule has 0 unspecified atom stereocenters. The molecule has 0 saturated carbocycles. The van der Waals surface area contributed by atoms with Crippen molar-refractivity contribution in [2.75, 3.05) is 26.1 Å². The maximum Gasteiger partial charge on any atom is 0.322 e. The molecule has 0 heterocycles. The third-order valence-corrected chi connectivity index (χ3v) is 5.12. The molecule has 0 aliphatic heterocycles. The van der Waals surface area contributed by atoms with E-state index in [1.165, 1.54) is 6.07 Å². The van der Waals surface area contributed by atoms with E-state index in [-0.39, 0.29) is 12.2 Å². The van der Waals surface area contributed by atoms with Gasteiger partial charge in [0.15, 0.2) is 11.5 Å². The third-order valence-electron chi connectivity index (χ3n) is 4.86. The molecule has 2 amide bonds. The van der Waals surface area contributed by atoms with E-state index < -0.39 is 17.7 Å². The second-order valence-electron chi connectivity index (χ2n) is 7.04. The lowest BCUT2D eigenvalue weighted by atomic mass is 10.1. The topological polar surface area (TPSA) is 50.8 Å². The van der Waals surface area contributed by atoms with E-state index >= 15 is 0 Å². The molecule has 5 nitrogen and oxygen atoms in total. The van der Waals surface area contributed by atoms with E-state index in [2.05, 4.69) is 5.32 Å². The number of carbonyl (C=O) groups is 1. The maximum atomic E-state index is 14.0. The summed E-state index contributed by atoms with van der Waals surface area (Å²) in [6, 6.07) is 15.1. The van der Waals surface area contributed by atoms with Gasteiger partial charge in [0.05, 0.1) is 19.9 Å². The van der Waals surface area contributed by atoms with Crippen molar-refractivity contribution in [1.29, 1.82) is 0 Å². The summed E-state index contributed by atoms with van der Waals surface area (Å²) in [5.41, 5.74) is 1.70. The Hall–Kier alpha value is -3.32. The van der Waals surface area contributed by atoms with Gasteiger partial charge in [-0.1, -0.05) is 29.8 Å². The minimum absolute atomic E-state index is 0.0939. The van der Waals surface area contributed by atoms with Crippen molar-refractivity contribution in [3.63, 3.8) is 0 Å². The molecule has 0 aliphatic rings. The van der Waals surface area contributed by atoms with Crippen LogP contribution in [0.1, 0.15) is 11.1 Å². The van der Waals surface area contributed by atoms with Gasteiger partial charge in [0.2, 0.25) is 0 Å². The number of halogens is 3. The Kier molecular flexibility index (Phi) is 7.89. The summed E-state index contributed by atoms with van der Waals surface area (Å²) in [5, 5.41) is 3.11. The lowest BCUT2D eigenvalue weighted by Gasteiger charge is -2.24. The first-order valence-electron chi connectivity index (χ1n) is 9.86. The van der Waals surface area contributed by atoms with E-state index in [4.69, 9.17) is 21.1 Å². The third kappa shape index (κ3) is 6.11. The van der Waals surface area contributed by atoms with Crippen LogP contribution in [0.3, 0.4) is 0 Å². The van der Waals surface area contributed by atoms with Crippen LogP contribution in [-0.4, -0.2) is 31.7 Å². The van der Waals surface area contributed by atoms with Crippen LogP contribution in [0.4, 0.5) is 19.3 Å². The smallest absolute Gasteiger partial charge is 0.322 e. The molecule has 0 radical (unpaired) electrons. The quantitative estimate of drug-likeness (QED) is 0.454. The Morgan fingerprint density at radius 1 is 0.938 bits per heavy atom. The van der Waals surface area contributed by atoms with Crippen molar-refractivity contribution >= 4 is 23.3 Å². The minimum atomic E-state index is -0.843. The van der Waals surface area contributed by atoms with Crippen LogP contribution in [0.2, 0.25) is 5.02 Å². The van der Waals surface area contributed by atoms with Gasteiger partial charge in [-0.3, -0.25) is 0 Å².